The van der Waals surface area contributed by atoms with Crippen molar-refractivity contribution in [3.05, 3.63) is 82.7 Å². The van der Waals surface area contributed by atoms with Crippen LogP contribution in [0.15, 0.2) is 102 Å². The van der Waals surface area contributed by atoms with Gasteiger partial charge in [-0.15, -0.1) is 0 Å². The topological polar surface area (TPSA) is 83.1 Å². The second-order valence-corrected chi connectivity index (χ2v) is 7.92. The molecular weight excluding hydrogens is 460 g/mol. The molecule has 37 heavy (non-hydrogen) atoms. The third-order valence-electron chi connectivity index (χ3n) is 5.01. The summed E-state index contributed by atoms with van der Waals surface area (Å²) in [4.78, 5) is 21.0. The van der Waals surface area contributed by atoms with Crippen LogP contribution in [0.3, 0.4) is 0 Å². The van der Waals surface area contributed by atoms with Crippen LogP contribution < -0.4 is 10.1 Å². The molecule has 7 heteroatoms. The standard InChI is InChI=1S/C30H40N6O/c1-10-13-27(18-23(5)34-20-32-8)37-29-16-15-26(17-22(29)4)36-30(35-21-33-9)24(6)28(14-11-2)25(12-3)19-31-7/h10-21H,1-9H3,(H,33,35,36)/b13-10-,14-11-,25-12+,27-18+,28-24-,31-19?,32-20?,34-23?. The highest BCUT2D eigenvalue weighted by molar-refractivity contribution is 6.12. The minimum Gasteiger partial charge on any atom is -0.457 e. The molecular formula is C30H40N6O. The molecule has 1 rings (SSSR count). The van der Waals surface area contributed by atoms with E-state index in [2.05, 4.69) is 36.4 Å². The zero-order valence-electron chi connectivity index (χ0n) is 23.6. The molecule has 0 unspecified atom stereocenters. The van der Waals surface area contributed by atoms with Crippen LogP contribution in [0.2, 0.25) is 0 Å². The SMILES string of the molecule is C\C=C/C(C(/C=NC)=C/C)=C(\C)C(=NC=NC)Nc1ccc(OC(/C=C\C)=C/C(C)=NC=NC)c(C)c1. The van der Waals surface area contributed by atoms with Gasteiger partial charge in [0.15, 0.2) is 0 Å². The minimum absolute atomic E-state index is 0.685. The number of nitrogens with one attached hydrogen (secondary N) is 1. The van der Waals surface area contributed by atoms with Gasteiger partial charge in [-0.05, 0) is 88.1 Å². The Labute approximate surface area is 222 Å². The summed E-state index contributed by atoms with van der Waals surface area (Å²) < 4.78 is 6.18. The van der Waals surface area contributed by atoms with Crippen LogP contribution in [0.4, 0.5) is 5.69 Å². The molecule has 1 aromatic rings. The molecule has 0 aliphatic rings. The van der Waals surface area contributed by atoms with Crippen molar-refractivity contribution in [3.63, 3.8) is 0 Å². The molecule has 0 fully saturated rings. The summed E-state index contributed by atoms with van der Waals surface area (Å²) in [5, 5.41) is 3.45. The second kappa shape index (κ2) is 17.3. The molecule has 0 saturated heterocycles. The number of nitrogens with zero attached hydrogens (tertiary/aromatic N) is 5. The smallest absolute Gasteiger partial charge is 0.135 e. The van der Waals surface area contributed by atoms with E-state index in [1.165, 1.54) is 12.7 Å². The van der Waals surface area contributed by atoms with Gasteiger partial charge in [0.05, 0.1) is 0 Å². The maximum absolute atomic E-state index is 6.18. The zero-order chi connectivity index (χ0) is 27.6. The summed E-state index contributed by atoms with van der Waals surface area (Å²) >= 11 is 0. The van der Waals surface area contributed by atoms with Crippen molar-refractivity contribution >= 4 is 36.1 Å². The largest absolute Gasteiger partial charge is 0.457 e. The van der Waals surface area contributed by atoms with E-state index in [0.717, 1.165) is 39.4 Å². The van der Waals surface area contributed by atoms with Crippen molar-refractivity contribution in [2.45, 2.75) is 41.5 Å². The average Bonchev–Trinajstić information content (AvgIpc) is 2.88. The van der Waals surface area contributed by atoms with Crippen LogP contribution in [-0.4, -0.2) is 51.6 Å². The predicted molar refractivity (Wildman–Crippen MR) is 163 cm³/mol. The molecule has 0 radical (unpaired) electrons. The molecule has 0 heterocycles. The van der Waals surface area contributed by atoms with Crippen LogP contribution >= 0.6 is 0 Å². The average molecular weight is 501 g/mol. The number of anilines is 1. The Morgan fingerprint density at radius 2 is 1.57 bits per heavy atom. The van der Waals surface area contributed by atoms with Crippen molar-refractivity contribution in [1.29, 1.82) is 0 Å². The van der Waals surface area contributed by atoms with Gasteiger partial charge >= 0.3 is 0 Å². The lowest BCUT2D eigenvalue weighted by Gasteiger charge is -2.16. The predicted octanol–water partition coefficient (Wildman–Crippen LogP) is 6.96. The van der Waals surface area contributed by atoms with E-state index >= 15 is 0 Å². The number of hydrogen-bond donors (Lipinski definition) is 1. The number of rotatable bonds is 11. The summed E-state index contributed by atoms with van der Waals surface area (Å²) in [6.45, 7) is 11.9. The fourth-order valence-electron chi connectivity index (χ4n) is 3.28. The molecule has 0 spiro atoms. The Morgan fingerprint density at radius 1 is 0.892 bits per heavy atom. The van der Waals surface area contributed by atoms with Gasteiger partial charge in [-0.25, -0.2) is 9.98 Å². The molecule has 0 aliphatic carbocycles. The van der Waals surface area contributed by atoms with E-state index in [-0.39, 0.29) is 0 Å². The third kappa shape index (κ3) is 10.6. The van der Waals surface area contributed by atoms with E-state index in [1.807, 2.05) is 96.3 Å². The summed E-state index contributed by atoms with van der Waals surface area (Å²) in [7, 11) is 5.15. The first-order valence-electron chi connectivity index (χ1n) is 12.1. The second-order valence-electron chi connectivity index (χ2n) is 7.92. The van der Waals surface area contributed by atoms with Gasteiger partial charge in [0.2, 0.25) is 0 Å². The van der Waals surface area contributed by atoms with Crippen molar-refractivity contribution in [2.75, 3.05) is 26.5 Å². The van der Waals surface area contributed by atoms with Crippen LogP contribution in [0.1, 0.15) is 40.2 Å². The fourth-order valence-corrected chi connectivity index (χ4v) is 3.28. The normalized spacial score (nSPS) is 15.2. The molecule has 0 bridgehead atoms. The first-order valence-corrected chi connectivity index (χ1v) is 12.1. The molecule has 1 N–H and O–H groups in total. The Morgan fingerprint density at radius 3 is 2.14 bits per heavy atom. The van der Waals surface area contributed by atoms with Gasteiger partial charge in [0, 0.05) is 44.8 Å². The lowest BCUT2D eigenvalue weighted by molar-refractivity contribution is 0.442. The van der Waals surface area contributed by atoms with Crippen molar-refractivity contribution in [3.8, 4) is 5.75 Å². The summed E-state index contributed by atoms with van der Waals surface area (Å²) in [5.41, 5.74) is 5.64. The summed E-state index contributed by atoms with van der Waals surface area (Å²) in [6.07, 6.45) is 16.7. The quantitative estimate of drug-likeness (QED) is 0.154. The minimum atomic E-state index is 0.685. The lowest BCUT2D eigenvalue weighted by Crippen LogP contribution is -2.16. The van der Waals surface area contributed by atoms with E-state index in [0.29, 0.717) is 11.6 Å². The van der Waals surface area contributed by atoms with Crippen molar-refractivity contribution in [1.82, 2.24) is 0 Å². The van der Waals surface area contributed by atoms with E-state index in [1.54, 1.807) is 21.1 Å². The number of ether oxygens (including phenoxy) is 1. The van der Waals surface area contributed by atoms with Gasteiger partial charge in [-0.2, -0.15) is 0 Å². The highest BCUT2D eigenvalue weighted by Gasteiger charge is 2.12. The summed E-state index contributed by atoms with van der Waals surface area (Å²) in [6, 6.07) is 5.93. The number of hydrogen-bond acceptors (Lipinski definition) is 4. The Balaban J connectivity index is 3.42. The van der Waals surface area contributed by atoms with E-state index < -0.39 is 0 Å². The molecule has 0 saturated carbocycles. The van der Waals surface area contributed by atoms with Crippen molar-refractivity contribution < 1.29 is 4.74 Å². The maximum atomic E-state index is 6.18. The van der Waals surface area contributed by atoms with E-state index in [4.69, 9.17) is 4.74 Å². The van der Waals surface area contributed by atoms with E-state index in [9.17, 15) is 0 Å². The molecule has 0 amide bonds. The molecule has 0 aliphatic heterocycles. The highest BCUT2D eigenvalue weighted by atomic mass is 16.5. The number of aryl methyl sites for hydroxylation is 1. The number of allylic oxidation sites excluding steroid dienone is 8. The van der Waals surface area contributed by atoms with Crippen LogP contribution in [0.5, 0.6) is 5.75 Å². The van der Waals surface area contributed by atoms with Gasteiger partial charge in [0.1, 0.15) is 30.0 Å². The molecule has 196 valence electrons. The lowest BCUT2D eigenvalue weighted by atomic mass is 9.99. The van der Waals surface area contributed by atoms with Gasteiger partial charge in [0.25, 0.3) is 0 Å². The first-order chi connectivity index (χ1) is 17.8. The number of aliphatic imine (C=N–C) groups is 5. The van der Waals surface area contributed by atoms with Crippen LogP contribution in [0.25, 0.3) is 0 Å². The van der Waals surface area contributed by atoms with Gasteiger partial charge in [-0.1, -0.05) is 24.3 Å². The third-order valence-corrected chi connectivity index (χ3v) is 5.01. The Kier molecular flexibility index (Phi) is 14.5. The maximum Gasteiger partial charge on any atom is 0.135 e. The Hall–Kier alpha value is -4.13. The first kappa shape index (κ1) is 30.9. The fraction of sp³-hybridized carbons (Fsp3) is 0.300. The molecule has 7 nitrogen and oxygen atoms in total. The van der Waals surface area contributed by atoms with Gasteiger partial charge < -0.3 is 10.1 Å². The van der Waals surface area contributed by atoms with Crippen molar-refractivity contribution in [2.24, 2.45) is 25.0 Å². The zero-order valence-corrected chi connectivity index (χ0v) is 23.6. The highest BCUT2D eigenvalue weighted by Crippen LogP contribution is 2.25. The number of amidine groups is 1. The Bertz CT molecular complexity index is 1200. The van der Waals surface area contributed by atoms with Crippen LogP contribution in [-0.2, 0) is 0 Å². The van der Waals surface area contributed by atoms with Crippen LogP contribution in [0, 0.1) is 6.92 Å². The molecule has 1 aromatic carbocycles. The molecule has 0 atom stereocenters. The monoisotopic (exact) mass is 500 g/mol. The van der Waals surface area contributed by atoms with Gasteiger partial charge in [-0.3, -0.25) is 15.0 Å². The molecule has 0 aromatic heterocycles. The summed E-state index contributed by atoms with van der Waals surface area (Å²) in [5.74, 6) is 2.12. The number of benzene rings is 1.